The molecule has 6 heteroatoms. The highest BCUT2D eigenvalue weighted by Crippen LogP contribution is 2.30. The highest BCUT2D eigenvalue weighted by molar-refractivity contribution is 6.02. The van der Waals surface area contributed by atoms with Crippen molar-refractivity contribution in [3.63, 3.8) is 0 Å². The van der Waals surface area contributed by atoms with E-state index in [4.69, 9.17) is 0 Å². The van der Waals surface area contributed by atoms with E-state index >= 15 is 0 Å². The highest BCUT2D eigenvalue weighted by atomic mass is 14.8. The summed E-state index contributed by atoms with van der Waals surface area (Å²) in [6.45, 7) is 0. The molecule has 0 amide bonds. The third-order valence-corrected chi connectivity index (χ3v) is 9.68. The van der Waals surface area contributed by atoms with E-state index in [2.05, 4.69) is 103 Å². The average molecular weight is 719 g/mol. The Morgan fingerprint density at radius 3 is 1.05 bits per heavy atom. The van der Waals surface area contributed by atoms with Crippen molar-refractivity contribution in [1.29, 1.82) is 0 Å². The van der Waals surface area contributed by atoms with Crippen LogP contribution in [0.5, 0.6) is 0 Å². The molecule has 264 valence electrons. The van der Waals surface area contributed by atoms with Crippen LogP contribution >= 0.6 is 0 Å². The Morgan fingerprint density at radius 1 is 0.232 bits per heavy atom. The molecule has 11 aromatic rings. The lowest BCUT2D eigenvalue weighted by atomic mass is 10.0. The standard InChI is InChI=1S/2C18H12N2.C14H10N2/c1-3-7-15-11-19-17(9-13(15)5-1)18-10-14-6-2-4-8-16(14)12-20-18;1-3-7-15-13(5-1)9-11-19-17(15)18-16-8-4-2-6-14(16)10-12-20-18;1-2-6-12-11(5-1)8-10-16-14(12)13-7-3-4-9-15-13/h2*1-12H;1-10H. The summed E-state index contributed by atoms with van der Waals surface area (Å²) in [5.41, 5.74) is 5.57. The van der Waals surface area contributed by atoms with Gasteiger partial charge in [0, 0.05) is 64.1 Å². The molecule has 6 nitrogen and oxygen atoms in total. The molecule has 0 saturated carbocycles. The summed E-state index contributed by atoms with van der Waals surface area (Å²) in [6.07, 6.45) is 11.1. The maximum Gasteiger partial charge on any atom is 0.0970 e. The van der Waals surface area contributed by atoms with Crippen LogP contribution in [0.15, 0.2) is 207 Å². The second-order valence-electron chi connectivity index (χ2n) is 13.2. The largest absolute Gasteiger partial charge is 0.255 e. The Balaban J connectivity index is 0.000000111. The van der Waals surface area contributed by atoms with E-state index in [1.165, 1.54) is 26.9 Å². The summed E-state index contributed by atoms with van der Waals surface area (Å²) in [4.78, 5) is 26.9. The smallest absolute Gasteiger partial charge is 0.0970 e. The molecule has 0 saturated heterocycles. The number of hydrogen-bond donors (Lipinski definition) is 0. The molecule has 0 aliphatic rings. The molecule has 0 fully saturated rings. The lowest BCUT2D eigenvalue weighted by Crippen LogP contribution is -1.90. The van der Waals surface area contributed by atoms with Gasteiger partial charge in [0.2, 0.25) is 0 Å². The molecular weight excluding hydrogens is 685 g/mol. The minimum atomic E-state index is 0.912. The molecule has 0 aliphatic carbocycles. The molecule has 0 radical (unpaired) electrons. The van der Waals surface area contributed by atoms with Crippen LogP contribution in [-0.4, -0.2) is 29.9 Å². The fraction of sp³-hybridized carbons (Fsp3) is 0. The summed E-state index contributed by atoms with van der Waals surface area (Å²) >= 11 is 0. The molecule has 11 rings (SSSR count). The van der Waals surface area contributed by atoms with Gasteiger partial charge in [0.05, 0.1) is 34.2 Å². The second kappa shape index (κ2) is 15.7. The lowest BCUT2D eigenvalue weighted by molar-refractivity contribution is 1.27. The SMILES string of the molecule is c1ccc(-c2nccc3ccccc23)nc1.c1ccc2c(-c3nccc4ccccc34)nccc2c1.c1ccc2cc(-c3cc4ccccc4cn3)ncc2c1. The first kappa shape index (κ1) is 34.1. The van der Waals surface area contributed by atoms with Crippen LogP contribution in [0.2, 0.25) is 0 Å². The molecule has 5 aromatic carbocycles. The Bertz CT molecular complexity index is 2940. The molecule has 0 N–H and O–H groups in total. The Hall–Kier alpha value is -7.70. The van der Waals surface area contributed by atoms with Gasteiger partial charge in [0.25, 0.3) is 0 Å². The van der Waals surface area contributed by atoms with Crippen molar-refractivity contribution in [1.82, 2.24) is 29.9 Å². The third-order valence-electron chi connectivity index (χ3n) is 9.68. The molecule has 0 bridgehead atoms. The first-order valence-corrected chi connectivity index (χ1v) is 18.4. The van der Waals surface area contributed by atoms with Crippen molar-refractivity contribution in [3.8, 4) is 34.2 Å². The van der Waals surface area contributed by atoms with Gasteiger partial charge in [0.1, 0.15) is 0 Å². The molecule has 0 atom stereocenters. The predicted octanol–water partition coefficient (Wildman–Crippen LogP) is 12.2. The van der Waals surface area contributed by atoms with Gasteiger partial charge in [-0.3, -0.25) is 29.9 Å². The van der Waals surface area contributed by atoms with E-state index in [-0.39, 0.29) is 0 Å². The molecule has 6 heterocycles. The maximum absolute atomic E-state index is 4.56. The van der Waals surface area contributed by atoms with Crippen molar-refractivity contribution >= 4 is 53.9 Å². The normalized spacial score (nSPS) is 10.9. The fourth-order valence-electron chi connectivity index (χ4n) is 6.89. The van der Waals surface area contributed by atoms with Crippen LogP contribution in [0.4, 0.5) is 0 Å². The van der Waals surface area contributed by atoms with Crippen LogP contribution in [0.3, 0.4) is 0 Å². The van der Waals surface area contributed by atoms with E-state index in [1.54, 1.807) is 6.20 Å². The zero-order chi connectivity index (χ0) is 37.5. The molecule has 0 aliphatic heterocycles. The Morgan fingerprint density at radius 2 is 0.607 bits per heavy atom. The number of fused-ring (bicyclic) bond motifs is 5. The highest BCUT2D eigenvalue weighted by Gasteiger charge is 2.10. The van der Waals surface area contributed by atoms with Crippen molar-refractivity contribution in [2.45, 2.75) is 0 Å². The van der Waals surface area contributed by atoms with E-state index in [0.717, 1.165) is 61.1 Å². The quantitative estimate of drug-likeness (QED) is 0.181. The predicted molar refractivity (Wildman–Crippen MR) is 230 cm³/mol. The van der Waals surface area contributed by atoms with Crippen molar-refractivity contribution < 1.29 is 0 Å². The second-order valence-corrected chi connectivity index (χ2v) is 13.2. The first-order valence-electron chi connectivity index (χ1n) is 18.4. The minimum Gasteiger partial charge on any atom is -0.255 e. The lowest BCUT2D eigenvalue weighted by Gasteiger charge is -2.07. The van der Waals surface area contributed by atoms with E-state index in [1.807, 2.05) is 128 Å². The first-order chi connectivity index (χ1) is 27.8. The van der Waals surface area contributed by atoms with Gasteiger partial charge < -0.3 is 0 Å². The van der Waals surface area contributed by atoms with Gasteiger partial charge in [-0.1, -0.05) is 127 Å². The topological polar surface area (TPSA) is 77.3 Å². The Kier molecular flexibility index (Phi) is 9.57. The number of aromatic nitrogens is 6. The number of pyridine rings is 6. The minimum absolute atomic E-state index is 0.912. The van der Waals surface area contributed by atoms with Gasteiger partial charge in [-0.15, -0.1) is 0 Å². The van der Waals surface area contributed by atoms with Gasteiger partial charge in [-0.2, -0.15) is 0 Å². The molecule has 0 unspecified atom stereocenters. The van der Waals surface area contributed by atoms with Gasteiger partial charge in [-0.05, 0) is 69.4 Å². The van der Waals surface area contributed by atoms with Crippen molar-refractivity contribution in [2.24, 2.45) is 0 Å². The molecule has 6 aromatic heterocycles. The van der Waals surface area contributed by atoms with Crippen LogP contribution in [0.1, 0.15) is 0 Å². The van der Waals surface area contributed by atoms with E-state index in [9.17, 15) is 0 Å². The molecular formula is C50H34N6. The van der Waals surface area contributed by atoms with Crippen molar-refractivity contribution in [2.75, 3.05) is 0 Å². The van der Waals surface area contributed by atoms with Crippen LogP contribution in [0, 0.1) is 0 Å². The van der Waals surface area contributed by atoms with Crippen molar-refractivity contribution in [3.05, 3.63) is 207 Å². The summed E-state index contributed by atoms with van der Waals surface area (Å²) in [5, 5.41) is 11.7. The summed E-state index contributed by atoms with van der Waals surface area (Å²) in [5.74, 6) is 0. The number of rotatable bonds is 3. The number of hydrogen-bond acceptors (Lipinski definition) is 6. The number of nitrogens with zero attached hydrogens (tertiary/aromatic N) is 6. The maximum atomic E-state index is 4.56. The zero-order valence-electron chi connectivity index (χ0n) is 30.3. The van der Waals surface area contributed by atoms with Gasteiger partial charge in [0.15, 0.2) is 0 Å². The van der Waals surface area contributed by atoms with Crippen LogP contribution in [-0.2, 0) is 0 Å². The fourth-order valence-corrected chi connectivity index (χ4v) is 6.89. The van der Waals surface area contributed by atoms with Gasteiger partial charge in [-0.25, -0.2) is 0 Å². The van der Waals surface area contributed by atoms with E-state index < -0.39 is 0 Å². The summed E-state index contributed by atoms with van der Waals surface area (Å²) in [6, 6.07) is 57.4. The average Bonchev–Trinajstić information content (AvgIpc) is 3.29. The monoisotopic (exact) mass is 718 g/mol. The summed E-state index contributed by atoms with van der Waals surface area (Å²) < 4.78 is 0. The number of benzene rings is 5. The zero-order valence-corrected chi connectivity index (χ0v) is 30.3. The third kappa shape index (κ3) is 7.15. The van der Waals surface area contributed by atoms with E-state index in [0.29, 0.717) is 0 Å². The molecule has 0 spiro atoms. The van der Waals surface area contributed by atoms with Crippen LogP contribution < -0.4 is 0 Å². The summed E-state index contributed by atoms with van der Waals surface area (Å²) in [7, 11) is 0. The Labute approximate surface area is 323 Å². The van der Waals surface area contributed by atoms with Gasteiger partial charge >= 0.3 is 0 Å². The van der Waals surface area contributed by atoms with Crippen LogP contribution in [0.25, 0.3) is 88.0 Å². The molecule has 56 heavy (non-hydrogen) atoms.